The Bertz CT molecular complexity index is 1890. The number of amides is 3. The van der Waals surface area contributed by atoms with Crippen molar-refractivity contribution in [1.82, 2.24) is 25.1 Å². The normalized spacial score (nSPS) is 14.6. The number of piperidine rings is 1. The maximum Gasteiger partial charge on any atom is 0.258 e. The van der Waals surface area contributed by atoms with Crippen LogP contribution in [0.1, 0.15) is 76.5 Å². The number of nitrogens with one attached hydrogen (secondary N) is 3. The summed E-state index contributed by atoms with van der Waals surface area (Å²) in [5.74, 6) is 1.89. The Hall–Kier alpha value is -4.07. The fourth-order valence-electron chi connectivity index (χ4n) is 6.91. The van der Waals surface area contributed by atoms with E-state index >= 15 is 0 Å². The number of aryl methyl sites for hydroxylation is 1. The van der Waals surface area contributed by atoms with Crippen molar-refractivity contribution >= 4 is 77.4 Å². The maximum absolute atomic E-state index is 13.8. The van der Waals surface area contributed by atoms with Crippen LogP contribution < -0.4 is 25.0 Å². The van der Waals surface area contributed by atoms with Crippen LogP contribution in [0.4, 0.5) is 11.4 Å². The summed E-state index contributed by atoms with van der Waals surface area (Å²) in [5.41, 5.74) is 4.43. The Morgan fingerprint density at radius 1 is 0.927 bits per heavy atom. The fourth-order valence-corrected chi connectivity index (χ4v) is 6.91. The number of hydrogen-bond donors (Lipinski definition) is 3. The van der Waals surface area contributed by atoms with E-state index in [0.717, 1.165) is 88.3 Å². The lowest BCUT2D eigenvalue weighted by atomic mass is 9.98. The number of aromatic nitrogens is 2. The quantitative estimate of drug-likeness (QED) is 0.125. The SMILES string of the molecule is COc1cc(C(=O)N(C)c2ccc(C)cc2OCCCCCC(=O)N2CCN(C)CC2)ccc1NC(=O)c1cccc2[nH]c(C3CCNCC3)nc12.Cl.Cl.Cl. The summed E-state index contributed by atoms with van der Waals surface area (Å²) in [6, 6.07) is 16.3. The molecule has 0 radical (unpaired) electrons. The van der Waals surface area contributed by atoms with E-state index < -0.39 is 0 Å². The third kappa shape index (κ3) is 11.3. The molecule has 0 unspecified atom stereocenters. The first-order valence-corrected chi connectivity index (χ1v) is 18.4. The molecule has 0 aliphatic carbocycles. The summed E-state index contributed by atoms with van der Waals surface area (Å²) in [6.07, 6.45) is 5.07. The Morgan fingerprint density at radius 2 is 1.67 bits per heavy atom. The summed E-state index contributed by atoms with van der Waals surface area (Å²) in [5, 5.41) is 6.35. The predicted octanol–water partition coefficient (Wildman–Crippen LogP) is 6.85. The number of fused-ring (bicyclic) bond motifs is 1. The highest BCUT2D eigenvalue weighted by atomic mass is 35.5. The number of rotatable bonds is 13. The summed E-state index contributed by atoms with van der Waals surface area (Å²) < 4.78 is 11.8. The standard InChI is InChI=1S/C40H51N7O5.3ClH/c1-27-12-15-33(35(25-27)52-24-7-5-6-11-36(48)47-22-20-45(2)21-23-47)46(3)40(50)29-13-14-31(34(26-29)51-4)43-39(49)30-9-8-10-32-37(30)44-38(42-32)28-16-18-41-19-17-28;;;/h8-10,12-15,25-26,28,41H,5-7,11,16-24H2,1-4H3,(H,42,44)(H,43,49);3*1H. The van der Waals surface area contributed by atoms with Crippen LogP contribution in [-0.2, 0) is 4.79 Å². The van der Waals surface area contributed by atoms with Crippen LogP contribution in [-0.4, -0.2) is 105 Å². The lowest BCUT2D eigenvalue weighted by Crippen LogP contribution is -2.47. The predicted molar refractivity (Wildman–Crippen MR) is 226 cm³/mol. The van der Waals surface area contributed by atoms with Gasteiger partial charge in [0.1, 0.15) is 22.8 Å². The molecule has 2 aliphatic rings. The minimum Gasteiger partial charge on any atom is -0.495 e. The number of halogens is 3. The van der Waals surface area contributed by atoms with Gasteiger partial charge in [-0.15, -0.1) is 37.2 Å². The molecule has 15 heteroatoms. The van der Waals surface area contributed by atoms with Gasteiger partial charge in [0.15, 0.2) is 0 Å². The van der Waals surface area contributed by atoms with Crippen LogP contribution in [0, 0.1) is 6.92 Å². The monoisotopic (exact) mass is 817 g/mol. The van der Waals surface area contributed by atoms with Gasteiger partial charge >= 0.3 is 0 Å². The highest BCUT2D eigenvalue weighted by Gasteiger charge is 2.23. The highest BCUT2D eigenvalue weighted by Crippen LogP contribution is 2.33. The molecule has 4 aromatic rings. The number of carbonyl (C=O) groups is 3. The first kappa shape index (κ1) is 45.3. The zero-order chi connectivity index (χ0) is 36.6. The van der Waals surface area contributed by atoms with E-state index in [2.05, 4.69) is 27.6 Å². The topological polar surface area (TPSA) is 132 Å². The number of piperazine rings is 1. The van der Waals surface area contributed by atoms with Crippen LogP contribution >= 0.6 is 37.2 Å². The van der Waals surface area contributed by atoms with E-state index in [1.165, 1.54) is 7.11 Å². The van der Waals surface area contributed by atoms with Crippen molar-refractivity contribution in [2.75, 3.05) is 77.3 Å². The highest BCUT2D eigenvalue weighted by molar-refractivity contribution is 6.12. The van der Waals surface area contributed by atoms with E-state index in [0.29, 0.717) is 58.5 Å². The number of likely N-dealkylation sites (N-methyl/N-ethyl adjacent to an activating group) is 1. The number of aromatic amines is 1. The lowest BCUT2D eigenvalue weighted by molar-refractivity contribution is -0.132. The second-order valence-electron chi connectivity index (χ2n) is 13.9. The van der Waals surface area contributed by atoms with Crippen molar-refractivity contribution in [3.63, 3.8) is 0 Å². The molecular weight excluding hydrogens is 765 g/mol. The van der Waals surface area contributed by atoms with Gasteiger partial charge in [0.25, 0.3) is 11.8 Å². The third-order valence-electron chi connectivity index (χ3n) is 10.1. The van der Waals surface area contributed by atoms with Crippen molar-refractivity contribution < 1.29 is 23.9 Å². The van der Waals surface area contributed by atoms with Crippen LogP contribution in [0.15, 0.2) is 54.6 Å². The van der Waals surface area contributed by atoms with E-state index in [1.807, 2.05) is 42.2 Å². The molecule has 0 saturated carbocycles. The molecule has 3 amide bonds. The first-order valence-electron chi connectivity index (χ1n) is 18.4. The van der Waals surface area contributed by atoms with Crippen molar-refractivity contribution in [2.24, 2.45) is 0 Å². The van der Waals surface area contributed by atoms with Gasteiger partial charge in [0, 0.05) is 51.1 Å². The van der Waals surface area contributed by atoms with Crippen molar-refractivity contribution in [1.29, 1.82) is 0 Å². The van der Waals surface area contributed by atoms with Gasteiger partial charge in [0.05, 0.1) is 36.2 Å². The molecule has 55 heavy (non-hydrogen) atoms. The van der Waals surface area contributed by atoms with Gasteiger partial charge in [-0.1, -0.05) is 12.1 Å². The summed E-state index contributed by atoms with van der Waals surface area (Å²) in [4.78, 5) is 54.0. The van der Waals surface area contributed by atoms with Crippen LogP contribution in [0.2, 0.25) is 0 Å². The Morgan fingerprint density at radius 3 is 2.40 bits per heavy atom. The number of carbonyl (C=O) groups excluding carboxylic acids is 3. The smallest absolute Gasteiger partial charge is 0.258 e. The molecule has 1 aromatic heterocycles. The summed E-state index contributed by atoms with van der Waals surface area (Å²) in [6.45, 7) is 7.83. The number of imidazole rings is 1. The fraction of sp³-hybridized carbons (Fsp3) is 0.450. The number of methoxy groups -OCH3 is 1. The minimum absolute atomic E-state index is 0. The molecule has 0 atom stereocenters. The maximum atomic E-state index is 13.8. The Balaban J connectivity index is 0.00000271. The molecule has 2 saturated heterocycles. The summed E-state index contributed by atoms with van der Waals surface area (Å²) >= 11 is 0. The molecule has 3 N–H and O–H groups in total. The van der Waals surface area contributed by atoms with Crippen LogP contribution in [0.3, 0.4) is 0 Å². The number of benzene rings is 3. The van der Waals surface area contributed by atoms with Gasteiger partial charge in [-0.25, -0.2) is 4.98 Å². The van der Waals surface area contributed by atoms with Gasteiger partial charge < -0.3 is 39.8 Å². The van der Waals surface area contributed by atoms with E-state index in [4.69, 9.17) is 14.5 Å². The molecule has 3 aromatic carbocycles. The second kappa shape index (κ2) is 21.3. The van der Waals surface area contributed by atoms with Gasteiger partial charge in [-0.05, 0) is 107 Å². The van der Waals surface area contributed by atoms with E-state index in [1.54, 1.807) is 36.2 Å². The molecule has 2 fully saturated rings. The molecule has 0 bridgehead atoms. The van der Waals surface area contributed by atoms with Crippen LogP contribution in [0.25, 0.3) is 11.0 Å². The number of para-hydroxylation sites is 1. The number of unbranched alkanes of at least 4 members (excludes halogenated alkanes) is 2. The Labute approximate surface area is 342 Å². The zero-order valence-corrected chi connectivity index (χ0v) is 34.5. The molecule has 6 rings (SSSR count). The molecule has 0 spiro atoms. The Kier molecular flexibility index (Phi) is 17.5. The van der Waals surface area contributed by atoms with E-state index in [9.17, 15) is 14.4 Å². The van der Waals surface area contributed by atoms with E-state index in [-0.39, 0.29) is 54.9 Å². The first-order chi connectivity index (χ1) is 25.2. The number of ether oxygens (including phenoxy) is 2. The third-order valence-corrected chi connectivity index (χ3v) is 10.1. The van der Waals surface area contributed by atoms with Gasteiger partial charge in [-0.2, -0.15) is 0 Å². The molecule has 3 heterocycles. The van der Waals surface area contributed by atoms with Crippen LogP contribution in [0.5, 0.6) is 11.5 Å². The van der Waals surface area contributed by atoms with Gasteiger partial charge in [-0.3, -0.25) is 14.4 Å². The van der Waals surface area contributed by atoms with Gasteiger partial charge in [0.2, 0.25) is 5.91 Å². The lowest BCUT2D eigenvalue weighted by Gasteiger charge is -2.32. The van der Waals surface area contributed by atoms with Crippen molar-refractivity contribution in [2.45, 2.75) is 51.4 Å². The molecule has 12 nitrogen and oxygen atoms in total. The average molecular weight is 819 g/mol. The number of hydrogen-bond acceptors (Lipinski definition) is 8. The average Bonchev–Trinajstić information content (AvgIpc) is 3.61. The molecular formula is C40H54Cl3N7O5. The molecule has 300 valence electrons. The number of nitrogens with zero attached hydrogens (tertiary/aromatic N) is 4. The number of H-pyrrole nitrogens is 1. The van der Waals surface area contributed by atoms with Crippen molar-refractivity contribution in [3.05, 3.63) is 77.1 Å². The second-order valence-corrected chi connectivity index (χ2v) is 13.9. The van der Waals surface area contributed by atoms with Crippen molar-refractivity contribution in [3.8, 4) is 11.5 Å². The largest absolute Gasteiger partial charge is 0.495 e. The zero-order valence-electron chi connectivity index (χ0n) is 32.0. The minimum atomic E-state index is -0.313. The molecule has 2 aliphatic heterocycles. The number of anilines is 2. The summed E-state index contributed by atoms with van der Waals surface area (Å²) in [7, 11) is 5.31.